The third-order valence-corrected chi connectivity index (χ3v) is 4.87. The summed E-state index contributed by atoms with van der Waals surface area (Å²) in [5.74, 6) is -0.125. The Labute approximate surface area is 150 Å². The summed E-state index contributed by atoms with van der Waals surface area (Å²) < 4.78 is 32.0. The molecule has 8 heteroatoms. The molecular weight excluding hydrogens is 359 g/mol. The SMILES string of the molecule is Nc1cc(S(=O)c2cccc(F)c2)c(Oc2ccccc2)cc1[N+](=O)[O-]. The molecule has 6 nitrogen and oxygen atoms in total. The minimum atomic E-state index is -1.84. The number of para-hydroxylation sites is 1. The van der Waals surface area contributed by atoms with Crippen LogP contribution < -0.4 is 10.5 Å². The Morgan fingerprint density at radius 3 is 2.42 bits per heavy atom. The van der Waals surface area contributed by atoms with Crippen LogP contribution in [0.25, 0.3) is 0 Å². The molecule has 1 atom stereocenters. The summed E-state index contributed by atoms with van der Waals surface area (Å²) in [7, 11) is -1.84. The van der Waals surface area contributed by atoms with E-state index in [2.05, 4.69) is 0 Å². The fourth-order valence-corrected chi connectivity index (χ4v) is 3.47. The lowest BCUT2D eigenvalue weighted by atomic mass is 10.2. The maximum atomic E-state index is 13.5. The molecule has 0 fully saturated rings. The number of ether oxygens (including phenoxy) is 1. The third kappa shape index (κ3) is 3.70. The molecule has 0 saturated carbocycles. The number of nitro groups is 1. The number of nitrogens with two attached hydrogens (primary N) is 1. The first-order chi connectivity index (χ1) is 12.5. The summed E-state index contributed by atoms with van der Waals surface area (Å²) in [5.41, 5.74) is 5.20. The number of nitrogens with zero attached hydrogens (tertiary/aromatic N) is 1. The largest absolute Gasteiger partial charge is 0.456 e. The molecule has 0 aliphatic carbocycles. The highest BCUT2D eigenvalue weighted by Crippen LogP contribution is 2.37. The summed E-state index contributed by atoms with van der Waals surface area (Å²) in [6, 6.07) is 16.1. The van der Waals surface area contributed by atoms with Gasteiger partial charge in [-0.25, -0.2) is 8.60 Å². The van der Waals surface area contributed by atoms with E-state index < -0.39 is 21.5 Å². The van der Waals surface area contributed by atoms with Gasteiger partial charge in [0.15, 0.2) is 5.75 Å². The van der Waals surface area contributed by atoms with Gasteiger partial charge >= 0.3 is 0 Å². The van der Waals surface area contributed by atoms with Crippen LogP contribution in [0.2, 0.25) is 0 Å². The molecule has 1 unspecified atom stereocenters. The number of hydrogen-bond donors (Lipinski definition) is 1. The Balaban J connectivity index is 2.12. The van der Waals surface area contributed by atoms with Crippen molar-refractivity contribution in [3.63, 3.8) is 0 Å². The highest BCUT2D eigenvalue weighted by Gasteiger charge is 2.22. The second-order valence-electron chi connectivity index (χ2n) is 5.26. The number of rotatable bonds is 5. The number of nitro benzene ring substituents is 1. The van der Waals surface area contributed by atoms with Crippen LogP contribution in [0, 0.1) is 15.9 Å². The van der Waals surface area contributed by atoms with E-state index in [-0.39, 0.29) is 26.9 Å². The van der Waals surface area contributed by atoms with Crippen molar-refractivity contribution in [3.05, 3.63) is 82.7 Å². The van der Waals surface area contributed by atoms with Crippen molar-refractivity contribution in [2.24, 2.45) is 0 Å². The molecule has 0 aliphatic heterocycles. The van der Waals surface area contributed by atoms with E-state index in [4.69, 9.17) is 10.5 Å². The van der Waals surface area contributed by atoms with Crippen LogP contribution >= 0.6 is 0 Å². The van der Waals surface area contributed by atoms with Gasteiger partial charge in [0.2, 0.25) is 0 Å². The van der Waals surface area contributed by atoms with Gasteiger partial charge in [-0.15, -0.1) is 0 Å². The maximum Gasteiger partial charge on any atom is 0.295 e. The predicted octanol–water partition coefficient (Wildman–Crippen LogP) is 4.28. The molecule has 3 rings (SSSR count). The lowest BCUT2D eigenvalue weighted by Gasteiger charge is -2.12. The Morgan fingerprint density at radius 1 is 1.04 bits per heavy atom. The molecule has 3 aromatic rings. The van der Waals surface area contributed by atoms with E-state index in [0.29, 0.717) is 5.75 Å². The molecule has 0 radical (unpaired) electrons. The van der Waals surface area contributed by atoms with Gasteiger partial charge < -0.3 is 10.5 Å². The Morgan fingerprint density at radius 2 is 1.77 bits per heavy atom. The molecule has 0 bridgehead atoms. The monoisotopic (exact) mass is 372 g/mol. The van der Waals surface area contributed by atoms with Crippen LogP contribution in [0.5, 0.6) is 11.5 Å². The zero-order valence-electron chi connectivity index (χ0n) is 13.3. The normalized spacial score (nSPS) is 11.7. The van der Waals surface area contributed by atoms with Crippen molar-refractivity contribution < 1.29 is 18.3 Å². The van der Waals surface area contributed by atoms with E-state index in [1.807, 2.05) is 0 Å². The minimum Gasteiger partial charge on any atom is -0.456 e. The maximum absolute atomic E-state index is 13.5. The fourth-order valence-electron chi connectivity index (χ4n) is 2.27. The molecule has 0 heterocycles. The van der Waals surface area contributed by atoms with Crippen molar-refractivity contribution >= 4 is 22.2 Å². The smallest absolute Gasteiger partial charge is 0.295 e. The van der Waals surface area contributed by atoms with Crippen molar-refractivity contribution in [3.8, 4) is 11.5 Å². The summed E-state index contributed by atoms with van der Waals surface area (Å²) in [5, 5.41) is 11.2. The summed E-state index contributed by atoms with van der Waals surface area (Å²) in [4.78, 5) is 10.8. The van der Waals surface area contributed by atoms with E-state index in [9.17, 15) is 18.7 Å². The van der Waals surface area contributed by atoms with Crippen LogP contribution in [0.3, 0.4) is 0 Å². The molecule has 0 aromatic heterocycles. The van der Waals surface area contributed by atoms with Crippen molar-refractivity contribution in [1.29, 1.82) is 0 Å². The second-order valence-corrected chi connectivity index (χ2v) is 6.70. The van der Waals surface area contributed by atoms with Crippen LogP contribution in [-0.4, -0.2) is 9.13 Å². The summed E-state index contributed by atoms with van der Waals surface area (Å²) in [6.45, 7) is 0. The van der Waals surface area contributed by atoms with Gasteiger partial charge in [-0.3, -0.25) is 10.1 Å². The highest BCUT2D eigenvalue weighted by molar-refractivity contribution is 7.85. The van der Waals surface area contributed by atoms with Crippen LogP contribution in [0.4, 0.5) is 15.8 Å². The highest BCUT2D eigenvalue weighted by atomic mass is 32.2. The molecule has 0 aliphatic rings. The van der Waals surface area contributed by atoms with Crippen LogP contribution in [-0.2, 0) is 10.8 Å². The van der Waals surface area contributed by atoms with E-state index >= 15 is 0 Å². The van der Waals surface area contributed by atoms with Gasteiger partial charge in [0.05, 0.1) is 26.7 Å². The van der Waals surface area contributed by atoms with Crippen LogP contribution in [0.1, 0.15) is 0 Å². The van der Waals surface area contributed by atoms with Crippen molar-refractivity contribution in [2.75, 3.05) is 5.73 Å². The predicted molar refractivity (Wildman–Crippen MR) is 95.1 cm³/mol. The zero-order valence-corrected chi connectivity index (χ0v) is 14.1. The molecule has 132 valence electrons. The number of hydrogen-bond acceptors (Lipinski definition) is 5. The van der Waals surface area contributed by atoms with Gasteiger partial charge in [0, 0.05) is 4.90 Å². The number of halogens is 1. The van der Waals surface area contributed by atoms with Gasteiger partial charge in [0.1, 0.15) is 17.3 Å². The van der Waals surface area contributed by atoms with Gasteiger partial charge in [-0.2, -0.15) is 0 Å². The first kappa shape index (κ1) is 17.6. The van der Waals surface area contributed by atoms with Gasteiger partial charge in [0.25, 0.3) is 5.69 Å². The molecule has 0 spiro atoms. The first-order valence-corrected chi connectivity index (χ1v) is 8.59. The fraction of sp³-hybridized carbons (Fsp3) is 0. The number of nitrogen functional groups attached to an aromatic ring is 1. The number of benzene rings is 3. The average Bonchev–Trinajstić information content (AvgIpc) is 2.63. The van der Waals surface area contributed by atoms with E-state index in [1.54, 1.807) is 30.3 Å². The van der Waals surface area contributed by atoms with E-state index in [1.165, 1.54) is 24.3 Å². The number of anilines is 1. The third-order valence-electron chi connectivity index (χ3n) is 3.47. The Bertz CT molecular complexity index is 996. The summed E-state index contributed by atoms with van der Waals surface area (Å²) >= 11 is 0. The van der Waals surface area contributed by atoms with Crippen molar-refractivity contribution in [1.82, 2.24) is 0 Å². The molecule has 0 saturated heterocycles. The molecule has 0 amide bonds. The molecule has 3 aromatic carbocycles. The topological polar surface area (TPSA) is 95.5 Å². The Hall–Kier alpha value is -3.26. The van der Waals surface area contributed by atoms with Gasteiger partial charge in [-0.05, 0) is 36.4 Å². The van der Waals surface area contributed by atoms with Crippen LogP contribution in [0.15, 0.2) is 76.5 Å². The summed E-state index contributed by atoms with van der Waals surface area (Å²) in [6.07, 6.45) is 0. The minimum absolute atomic E-state index is 0.0136. The lowest BCUT2D eigenvalue weighted by Crippen LogP contribution is -2.02. The zero-order chi connectivity index (χ0) is 18.7. The average molecular weight is 372 g/mol. The molecule has 26 heavy (non-hydrogen) atoms. The molecular formula is C18H13FN2O4S. The first-order valence-electron chi connectivity index (χ1n) is 7.44. The Kier molecular flexibility index (Phi) is 4.94. The standard InChI is InChI=1S/C18H13FN2O4S/c19-12-5-4-8-14(9-12)26(24)18-10-15(20)16(21(22)23)11-17(18)25-13-6-2-1-3-7-13/h1-11H,20H2. The molecule has 2 N–H and O–H groups in total. The quantitative estimate of drug-likeness (QED) is 0.410. The lowest BCUT2D eigenvalue weighted by molar-refractivity contribution is -0.384. The van der Waals surface area contributed by atoms with Crippen molar-refractivity contribution in [2.45, 2.75) is 9.79 Å². The van der Waals surface area contributed by atoms with Gasteiger partial charge in [-0.1, -0.05) is 24.3 Å². The second kappa shape index (κ2) is 7.32. The van der Waals surface area contributed by atoms with E-state index in [0.717, 1.165) is 12.1 Å².